The van der Waals surface area contributed by atoms with Gasteiger partial charge in [0.15, 0.2) is 6.61 Å². The highest BCUT2D eigenvalue weighted by Gasteiger charge is 2.73. The third-order valence-electron chi connectivity index (χ3n) is 3.95. The van der Waals surface area contributed by atoms with Crippen LogP contribution >= 0.6 is 0 Å². The minimum Gasteiger partial charge on any atom is -0.481 e. The Kier molecular flexibility index (Phi) is 6.14. The molecule has 2 unspecified atom stereocenters. The fraction of sp³-hybridized carbons (Fsp3) is 0.769. The number of carbonyl (C=O) groups is 3. The van der Waals surface area contributed by atoms with Crippen molar-refractivity contribution in [2.24, 2.45) is 17.8 Å². The summed E-state index contributed by atoms with van der Waals surface area (Å²) in [5.74, 6) is -21.0. The van der Waals surface area contributed by atoms with E-state index in [1.807, 2.05) is 0 Å². The van der Waals surface area contributed by atoms with E-state index in [2.05, 4.69) is 4.74 Å². The standard InChI is InChI=1S/C13H13F7O6/c14-11(15,12(16,17)13(18,19)20)4-26-10(25)7-2-5(8(21)22)1-6(3-7)9(23)24/h5-7H,1-4H2,(H,21,22)(H,23,24). The third kappa shape index (κ3) is 4.55. The number of alkyl halides is 7. The van der Waals surface area contributed by atoms with Gasteiger partial charge in [0.1, 0.15) is 0 Å². The average Bonchev–Trinajstić information content (AvgIpc) is 2.50. The lowest BCUT2D eigenvalue weighted by Crippen LogP contribution is -2.54. The van der Waals surface area contributed by atoms with Crippen LogP contribution in [0.4, 0.5) is 30.7 Å². The first-order valence-electron chi connectivity index (χ1n) is 7.04. The molecule has 13 heteroatoms. The number of ether oxygens (including phenoxy) is 1. The Morgan fingerprint density at radius 2 is 1.19 bits per heavy atom. The van der Waals surface area contributed by atoms with Gasteiger partial charge in [-0.2, -0.15) is 30.7 Å². The van der Waals surface area contributed by atoms with Gasteiger partial charge >= 0.3 is 35.9 Å². The first-order chi connectivity index (χ1) is 11.6. The van der Waals surface area contributed by atoms with Gasteiger partial charge in [-0.1, -0.05) is 0 Å². The summed E-state index contributed by atoms with van der Waals surface area (Å²) in [5.41, 5.74) is 0. The van der Waals surface area contributed by atoms with E-state index in [0.29, 0.717) is 0 Å². The summed E-state index contributed by atoms with van der Waals surface area (Å²) in [6.45, 7) is -2.59. The van der Waals surface area contributed by atoms with Crippen LogP contribution in [0, 0.1) is 17.8 Å². The molecule has 2 atom stereocenters. The van der Waals surface area contributed by atoms with Gasteiger partial charge in [0.25, 0.3) is 0 Å². The largest absolute Gasteiger partial charge is 0.481 e. The second kappa shape index (κ2) is 7.27. The molecule has 1 fully saturated rings. The molecule has 2 N–H and O–H groups in total. The molecule has 0 aromatic heterocycles. The molecule has 1 rings (SSSR count). The highest BCUT2D eigenvalue weighted by molar-refractivity contribution is 5.79. The summed E-state index contributed by atoms with van der Waals surface area (Å²) in [5, 5.41) is 17.8. The number of carboxylic acid groups (broad SMARTS) is 2. The van der Waals surface area contributed by atoms with Crippen LogP contribution in [-0.2, 0) is 19.1 Å². The molecule has 0 radical (unpaired) electrons. The first kappa shape index (κ1) is 22.0. The molecule has 0 bridgehead atoms. The number of esters is 1. The quantitative estimate of drug-likeness (QED) is 0.527. The maximum Gasteiger partial charge on any atom is 0.460 e. The van der Waals surface area contributed by atoms with Crippen LogP contribution in [0.2, 0.25) is 0 Å². The van der Waals surface area contributed by atoms with Gasteiger partial charge in [0, 0.05) is 0 Å². The topological polar surface area (TPSA) is 101 Å². The van der Waals surface area contributed by atoms with Crippen LogP contribution in [-0.4, -0.2) is 52.7 Å². The monoisotopic (exact) mass is 398 g/mol. The van der Waals surface area contributed by atoms with Gasteiger partial charge in [-0.25, -0.2) is 0 Å². The first-order valence-corrected chi connectivity index (χ1v) is 7.04. The lowest BCUT2D eigenvalue weighted by atomic mass is 9.75. The van der Waals surface area contributed by atoms with E-state index in [-0.39, 0.29) is 6.42 Å². The number of rotatable bonds is 6. The Hall–Kier alpha value is -2.08. The summed E-state index contributed by atoms with van der Waals surface area (Å²) < 4.78 is 91.4. The molecule has 6 nitrogen and oxygen atoms in total. The van der Waals surface area contributed by atoms with Crippen molar-refractivity contribution in [2.45, 2.75) is 37.3 Å². The van der Waals surface area contributed by atoms with Crippen LogP contribution in [0.25, 0.3) is 0 Å². The molecule has 0 spiro atoms. The van der Waals surface area contributed by atoms with Gasteiger partial charge in [-0.3, -0.25) is 14.4 Å². The Balaban J connectivity index is 2.83. The maximum absolute atomic E-state index is 13.1. The lowest BCUT2D eigenvalue weighted by molar-refractivity contribution is -0.360. The molecule has 1 aliphatic rings. The molecule has 0 saturated heterocycles. The van der Waals surface area contributed by atoms with Gasteiger partial charge in [-0.15, -0.1) is 0 Å². The van der Waals surface area contributed by atoms with Crippen molar-refractivity contribution >= 4 is 17.9 Å². The summed E-state index contributed by atoms with van der Waals surface area (Å²) in [6.07, 6.45) is -7.97. The molecule has 26 heavy (non-hydrogen) atoms. The fourth-order valence-corrected chi connectivity index (χ4v) is 2.49. The molecule has 1 saturated carbocycles. The van der Waals surface area contributed by atoms with Crippen molar-refractivity contribution in [3.8, 4) is 0 Å². The SMILES string of the molecule is O=C(O)C1CC(C(=O)O)CC(C(=O)OCC(F)(F)C(F)(F)C(F)(F)F)C1. The minimum absolute atomic E-state index is 0.350. The van der Waals surface area contributed by atoms with E-state index in [4.69, 9.17) is 10.2 Å². The highest BCUT2D eigenvalue weighted by atomic mass is 19.4. The summed E-state index contributed by atoms with van der Waals surface area (Å²) in [6, 6.07) is 0. The van der Waals surface area contributed by atoms with E-state index in [0.717, 1.165) is 0 Å². The van der Waals surface area contributed by atoms with Crippen molar-refractivity contribution in [2.75, 3.05) is 6.61 Å². The second-order valence-electron chi connectivity index (χ2n) is 5.86. The van der Waals surface area contributed by atoms with E-state index in [1.54, 1.807) is 0 Å². The van der Waals surface area contributed by atoms with Crippen molar-refractivity contribution in [3.63, 3.8) is 0 Å². The van der Waals surface area contributed by atoms with Crippen LogP contribution < -0.4 is 0 Å². The summed E-state index contributed by atoms with van der Waals surface area (Å²) in [7, 11) is 0. The molecule has 0 aliphatic heterocycles. The summed E-state index contributed by atoms with van der Waals surface area (Å²) >= 11 is 0. The molecule has 0 heterocycles. The van der Waals surface area contributed by atoms with E-state index in [1.165, 1.54) is 0 Å². The van der Waals surface area contributed by atoms with Gasteiger partial charge in [-0.05, 0) is 19.3 Å². The second-order valence-corrected chi connectivity index (χ2v) is 5.86. The van der Waals surface area contributed by atoms with Gasteiger partial charge in [0.2, 0.25) is 0 Å². The molecule has 150 valence electrons. The molecule has 1 aliphatic carbocycles. The van der Waals surface area contributed by atoms with Crippen molar-refractivity contribution in [1.29, 1.82) is 0 Å². The molecule has 0 aromatic carbocycles. The number of carboxylic acids is 2. The molecule has 0 amide bonds. The fourth-order valence-electron chi connectivity index (χ4n) is 2.49. The van der Waals surface area contributed by atoms with E-state index >= 15 is 0 Å². The van der Waals surface area contributed by atoms with Crippen LogP contribution in [0.3, 0.4) is 0 Å². The third-order valence-corrected chi connectivity index (χ3v) is 3.95. The number of hydrogen-bond acceptors (Lipinski definition) is 4. The molecular formula is C13H13F7O6. The number of aliphatic carboxylic acids is 2. The zero-order valence-electron chi connectivity index (χ0n) is 12.7. The van der Waals surface area contributed by atoms with E-state index < -0.39 is 73.1 Å². The minimum atomic E-state index is -6.59. The number of carbonyl (C=O) groups excluding carboxylic acids is 1. The average molecular weight is 398 g/mol. The van der Waals surface area contributed by atoms with Crippen LogP contribution in [0.1, 0.15) is 19.3 Å². The maximum atomic E-state index is 13.1. The highest BCUT2D eigenvalue weighted by Crippen LogP contribution is 2.46. The van der Waals surface area contributed by atoms with Crippen molar-refractivity contribution < 1.29 is 60.1 Å². The van der Waals surface area contributed by atoms with Gasteiger partial charge < -0.3 is 14.9 Å². The Bertz CT molecular complexity index is 552. The normalized spacial score (nSPS) is 24.8. The molecular weight excluding hydrogens is 385 g/mol. The summed E-state index contributed by atoms with van der Waals surface area (Å²) in [4.78, 5) is 33.6. The van der Waals surface area contributed by atoms with Gasteiger partial charge in [0.05, 0.1) is 17.8 Å². The number of hydrogen-bond donors (Lipinski definition) is 2. The van der Waals surface area contributed by atoms with Crippen LogP contribution in [0.15, 0.2) is 0 Å². The van der Waals surface area contributed by atoms with Crippen LogP contribution in [0.5, 0.6) is 0 Å². The Labute approximate surface area is 140 Å². The lowest BCUT2D eigenvalue weighted by Gasteiger charge is -2.31. The van der Waals surface area contributed by atoms with Crippen molar-refractivity contribution in [3.05, 3.63) is 0 Å². The van der Waals surface area contributed by atoms with E-state index in [9.17, 15) is 45.1 Å². The Morgan fingerprint density at radius 1 is 0.808 bits per heavy atom. The number of halogens is 7. The Morgan fingerprint density at radius 3 is 1.54 bits per heavy atom. The zero-order valence-corrected chi connectivity index (χ0v) is 12.7. The molecule has 0 aromatic rings. The smallest absolute Gasteiger partial charge is 0.460 e. The predicted octanol–water partition coefficient (Wildman–Crippen LogP) is 2.56. The predicted molar refractivity (Wildman–Crippen MR) is 66.5 cm³/mol. The van der Waals surface area contributed by atoms with Crippen molar-refractivity contribution in [1.82, 2.24) is 0 Å². The zero-order chi connectivity index (χ0) is 20.5.